The summed E-state index contributed by atoms with van der Waals surface area (Å²) in [7, 11) is 0. The van der Waals surface area contributed by atoms with Gasteiger partial charge in [-0.05, 0) is 23.1 Å². The van der Waals surface area contributed by atoms with E-state index in [1.54, 1.807) is 0 Å². The molecule has 136 valence electrons. The maximum Gasteiger partial charge on any atom is 0.134 e. The first-order chi connectivity index (χ1) is 13.3. The summed E-state index contributed by atoms with van der Waals surface area (Å²) in [6.45, 7) is 1.68. The minimum absolute atomic E-state index is 0.376. The van der Waals surface area contributed by atoms with E-state index in [2.05, 4.69) is 95.9 Å². The maximum absolute atomic E-state index is 12.1. The molecule has 2 heteroatoms. The van der Waals surface area contributed by atoms with Gasteiger partial charge in [-0.1, -0.05) is 91.0 Å². The average molecular weight is 355 g/mol. The third-order valence-electron chi connectivity index (χ3n) is 5.59. The Bertz CT molecular complexity index is 777. The van der Waals surface area contributed by atoms with E-state index >= 15 is 0 Å². The number of hydrogen-bond donors (Lipinski definition) is 0. The summed E-state index contributed by atoms with van der Waals surface area (Å²) >= 11 is 0. The molecule has 0 atom stereocenters. The van der Waals surface area contributed by atoms with Gasteiger partial charge in [0.05, 0.1) is 5.54 Å². The van der Waals surface area contributed by atoms with Crippen molar-refractivity contribution >= 4 is 5.78 Å². The Morgan fingerprint density at radius 3 is 1.48 bits per heavy atom. The van der Waals surface area contributed by atoms with Crippen LogP contribution >= 0.6 is 0 Å². The molecule has 0 bridgehead atoms. The molecule has 2 nitrogen and oxygen atoms in total. The van der Waals surface area contributed by atoms with E-state index in [0.29, 0.717) is 18.6 Å². The van der Waals surface area contributed by atoms with Crippen LogP contribution in [0.3, 0.4) is 0 Å². The quantitative estimate of drug-likeness (QED) is 0.612. The topological polar surface area (TPSA) is 20.3 Å². The molecule has 0 radical (unpaired) electrons. The van der Waals surface area contributed by atoms with Crippen molar-refractivity contribution in [1.82, 2.24) is 4.90 Å². The Hall–Kier alpha value is -2.71. The highest BCUT2D eigenvalue weighted by molar-refractivity contribution is 5.78. The van der Waals surface area contributed by atoms with Crippen LogP contribution in [-0.4, -0.2) is 23.8 Å². The molecule has 0 aromatic heterocycles. The van der Waals surface area contributed by atoms with Gasteiger partial charge < -0.3 is 0 Å². The first-order valence-corrected chi connectivity index (χ1v) is 9.75. The Balaban J connectivity index is 1.99. The molecule has 0 saturated carbocycles. The van der Waals surface area contributed by atoms with Crippen molar-refractivity contribution < 1.29 is 4.79 Å². The standard InChI is InChI=1S/C25H25NO/c27-24-17-10-19-26(20-18-24)25(21-11-4-1-5-12-21,22-13-6-2-7-14-22)23-15-8-3-9-16-23/h1-9,11-16H,10,17-20H2. The first-order valence-electron chi connectivity index (χ1n) is 9.75. The number of likely N-dealkylation sites (tertiary alicyclic amines) is 1. The number of rotatable bonds is 4. The number of ketones is 1. The summed E-state index contributed by atoms with van der Waals surface area (Å²) in [5.74, 6) is 0.376. The summed E-state index contributed by atoms with van der Waals surface area (Å²) in [6.07, 6.45) is 2.21. The second-order valence-corrected chi connectivity index (χ2v) is 7.19. The molecule has 0 aliphatic carbocycles. The highest BCUT2D eigenvalue weighted by Gasteiger charge is 2.42. The SMILES string of the molecule is O=C1CCCN(C(c2ccccc2)(c2ccccc2)c2ccccc2)CC1. The van der Waals surface area contributed by atoms with Crippen molar-refractivity contribution in [1.29, 1.82) is 0 Å². The summed E-state index contributed by atoms with van der Waals surface area (Å²) in [6, 6.07) is 32.1. The first kappa shape index (κ1) is 17.7. The van der Waals surface area contributed by atoms with Gasteiger partial charge in [0.1, 0.15) is 5.78 Å². The van der Waals surface area contributed by atoms with Crippen LogP contribution in [0, 0.1) is 0 Å². The number of carbonyl (C=O) groups excluding carboxylic acids is 1. The number of Topliss-reactive ketones (excluding diaryl/α,β-unsaturated/α-hetero) is 1. The second-order valence-electron chi connectivity index (χ2n) is 7.19. The summed E-state index contributed by atoms with van der Waals surface area (Å²) in [5, 5.41) is 0. The molecule has 27 heavy (non-hydrogen) atoms. The summed E-state index contributed by atoms with van der Waals surface area (Å²) in [4.78, 5) is 14.7. The van der Waals surface area contributed by atoms with E-state index < -0.39 is 5.54 Å². The number of nitrogens with zero attached hydrogens (tertiary/aromatic N) is 1. The molecular weight excluding hydrogens is 330 g/mol. The van der Waals surface area contributed by atoms with Crippen molar-refractivity contribution in [3.63, 3.8) is 0 Å². The van der Waals surface area contributed by atoms with Crippen molar-refractivity contribution in [2.24, 2.45) is 0 Å². The van der Waals surface area contributed by atoms with Gasteiger partial charge in [-0.2, -0.15) is 0 Å². The van der Waals surface area contributed by atoms with Crippen molar-refractivity contribution in [3.8, 4) is 0 Å². The van der Waals surface area contributed by atoms with E-state index in [9.17, 15) is 4.79 Å². The molecule has 1 heterocycles. The van der Waals surface area contributed by atoms with Crippen LogP contribution in [-0.2, 0) is 10.3 Å². The summed E-state index contributed by atoms with van der Waals surface area (Å²) < 4.78 is 0. The van der Waals surface area contributed by atoms with E-state index in [1.165, 1.54) is 16.7 Å². The van der Waals surface area contributed by atoms with Crippen molar-refractivity contribution in [2.45, 2.75) is 24.8 Å². The second kappa shape index (κ2) is 7.89. The minimum Gasteiger partial charge on any atom is -0.300 e. The maximum atomic E-state index is 12.1. The molecule has 0 N–H and O–H groups in total. The van der Waals surface area contributed by atoms with Crippen LogP contribution in [0.15, 0.2) is 91.0 Å². The number of carbonyl (C=O) groups is 1. The Labute approximate surface area is 161 Å². The normalized spacial score (nSPS) is 16.1. The van der Waals surface area contributed by atoms with Gasteiger partial charge in [-0.15, -0.1) is 0 Å². The zero-order valence-electron chi connectivity index (χ0n) is 15.6. The largest absolute Gasteiger partial charge is 0.300 e. The highest BCUT2D eigenvalue weighted by atomic mass is 16.1. The molecular formula is C25H25NO. The van der Waals surface area contributed by atoms with E-state index in [0.717, 1.165) is 19.5 Å². The van der Waals surface area contributed by atoms with Gasteiger partial charge >= 0.3 is 0 Å². The lowest BCUT2D eigenvalue weighted by atomic mass is 9.75. The molecule has 0 amide bonds. The molecule has 1 aliphatic rings. The van der Waals surface area contributed by atoms with Gasteiger partial charge in [0.15, 0.2) is 0 Å². The monoisotopic (exact) mass is 355 g/mol. The Kier molecular flexibility index (Phi) is 5.17. The highest BCUT2D eigenvalue weighted by Crippen LogP contribution is 2.43. The zero-order valence-corrected chi connectivity index (χ0v) is 15.6. The molecule has 1 saturated heterocycles. The van der Waals surface area contributed by atoms with Crippen LogP contribution in [0.5, 0.6) is 0 Å². The van der Waals surface area contributed by atoms with Crippen LogP contribution in [0.1, 0.15) is 36.0 Å². The van der Waals surface area contributed by atoms with Crippen molar-refractivity contribution in [2.75, 3.05) is 13.1 Å². The molecule has 4 rings (SSSR count). The fourth-order valence-corrected chi connectivity index (χ4v) is 4.38. The van der Waals surface area contributed by atoms with Gasteiger partial charge in [-0.3, -0.25) is 9.69 Å². The summed E-state index contributed by atoms with van der Waals surface area (Å²) in [5.41, 5.74) is 3.35. The minimum atomic E-state index is -0.394. The molecule has 3 aromatic rings. The van der Waals surface area contributed by atoms with Crippen LogP contribution in [0.25, 0.3) is 0 Å². The van der Waals surface area contributed by atoms with Crippen molar-refractivity contribution in [3.05, 3.63) is 108 Å². The Morgan fingerprint density at radius 2 is 1.04 bits per heavy atom. The number of benzene rings is 3. The lowest BCUT2D eigenvalue weighted by Crippen LogP contribution is -2.48. The van der Waals surface area contributed by atoms with E-state index in [1.807, 2.05) is 0 Å². The average Bonchev–Trinajstić information content (AvgIpc) is 2.96. The molecule has 1 aliphatic heterocycles. The van der Waals surface area contributed by atoms with E-state index in [-0.39, 0.29) is 0 Å². The lowest BCUT2D eigenvalue weighted by Gasteiger charge is -2.45. The zero-order chi connectivity index (χ0) is 18.5. The third kappa shape index (κ3) is 3.33. The predicted molar refractivity (Wildman–Crippen MR) is 110 cm³/mol. The van der Waals surface area contributed by atoms with Crippen LogP contribution < -0.4 is 0 Å². The van der Waals surface area contributed by atoms with Crippen LogP contribution in [0.4, 0.5) is 0 Å². The lowest BCUT2D eigenvalue weighted by molar-refractivity contribution is -0.118. The fraction of sp³-hybridized carbons (Fsp3) is 0.240. The molecule has 3 aromatic carbocycles. The molecule has 1 fully saturated rings. The van der Waals surface area contributed by atoms with Gasteiger partial charge in [-0.25, -0.2) is 0 Å². The van der Waals surface area contributed by atoms with Crippen LogP contribution in [0.2, 0.25) is 0 Å². The van der Waals surface area contributed by atoms with E-state index in [4.69, 9.17) is 0 Å². The van der Waals surface area contributed by atoms with Gasteiger partial charge in [0, 0.05) is 25.9 Å². The number of hydrogen-bond acceptors (Lipinski definition) is 2. The smallest absolute Gasteiger partial charge is 0.134 e. The van der Waals surface area contributed by atoms with Gasteiger partial charge in [0.2, 0.25) is 0 Å². The Morgan fingerprint density at radius 1 is 0.593 bits per heavy atom. The van der Waals surface area contributed by atoms with Gasteiger partial charge in [0.25, 0.3) is 0 Å². The molecule has 0 unspecified atom stereocenters. The third-order valence-corrected chi connectivity index (χ3v) is 5.59. The predicted octanol–water partition coefficient (Wildman–Crippen LogP) is 5.03. The molecule has 0 spiro atoms. The fourth-order valence-electron chi connectivity index (χ4n) is 4.38.